The monoisotopic (exact) mass is 193 g/mol. The lowest BCUT2D eigenvalue weighted by molar-refractivity contribution is -0.165. The molecule has 2 rings (SSSR count). The van der Waals surface area contributed by atoms with Crippen LogP contribution in [0.3, 0.4) is 0 Å². The molecule has 0 aromatic heterocycles. The minimum atomic E-state index is -4.05. The Morgan fingerprint density at radius 1 is 1.23 bits per heavy atom. The molecule has 0 unspecified atom stereocenters. The van der Waals surface area contributed by atoms with Gasteiger partial charge in [-0.2, -0.15) is 13.2 Å². The molecular formula is C9H14F3N. The van der Waals surface area contributed by atoms with Gasteiger partial charge in [-0.15, -0.1) is 0 Å². The van der Waals surface area contributed by atoms with Gasteiger partial charge in [0, 0.05) is 0 Å². The lowest BCUT2D eigenvalue weighted by Crippen LogP contribution is -2.45. The number of halogens is 3. The highest BCUT2D eigenvalue weighted by Crippen LogP contribution is 2.49. The molecule has 0 spiro atoms. The van der Waals surface area contributed by atoms with E-state index in [4.69, 9.17) is 0 Å². The number of nitrogens with one attached hydrogen (secondary N) is 1. The molecule has 2 aliphatic rings. The van der Waals surface area contributed by atoms with Crippen LogP contribution in [0.4, 0.5) is 13.2 Å². The first kappa shape index (κ1) is 9.31. The van der Waals surface area contributed by atoms with Gasteiger partial charge < -0.3 is 5.32 Å². The van der Waals surface area contributed by atoms with Crippen LogP contribution in [0.1, 0.15) is 32.1 Å². The van der Waals surface area contributed by atoms with Crippen molar-refractivity contribution in [2.75, 3.05) is 6.54 Å². The Hall–Kier alpha value is -0.250. The zero-order valence-electron chi connectivity index (χ0n) is 7.45. The molecule has 0 heterocycles. The maximum absolute atomic E-state index is 12.4. The van der Waals surface area contributed by atoms with E-state index in [1.54, 1.807) is 0 Å². The fourth-order valence-corrected chi connectivity index (χ4v) is 1.61. The third-order valence-corrected chi connectivity index (χ3v) is 3.01. The van der Waals surface area contributed by atoms with E-state index in [1.807, 2.05) is 0 Å². The largest absolute Gasteiger partial charge is 0.406 e. The van der Waals surface area contributed by atoms with Crippen molar-refractivity contribution >= 4 is 0 Å². The standard InChI is InChI=1S/C9H14F3N/c10-9(11,12)8(4-5-8)13-6-3-7-1-2-7/h7,13H,1-6H2. The second-order valence-electron chi connectivity index (χ2n) is 4.24. The van der Waals surface area contributed by atoms with Crippen LogP contribution in [0, 0.1) is 5.92 Å². The molecule has 2 aliphatic carbocycles. The van der Waals surface area contributed by atoms with Crippen molar-refractivity contribution in [3.63, 3.8) is 0 Å². The van der Waals surface area contributed by atoms with E-state index >= 15 is 0 Å². The maximum atomic E-state index is 12.4. The van der Waals surface area contributed by atoms with Crippen molar-refractivity contribution < 1.29 is 13.2 Å². The summed E-state index contributed by atoms with van der Waals surface area (Å²) in [6, 6.07) is 0. The van der Waals surface area contributed by atoms with E-state index in [2.05, 4.69) is 5.32 Å². The second kappa shape index (κ2) is 2.87. The minimum absolute atomic E-state index is 0.265. The first-order valence-electron chi connectivity index (χ1n) is 4.85. The fraction of sp³-hybridized carbons (Fsp3) is 1.00. The summed E-state index contributed by atoms with van der Waals surface area (Å²) in [7, 11) is 0. The van der Waals surface area contributed by atoms with Gasteiger partial charge >= 0.3 is 6.18 Å². The third kappa shape index (κ3) is 1.98. The van der Waals surface area contributed by atoms with Crippen molar-refractivity contribution in [2.24, 2.45) is 5.92 Å². The Morgan fingerprint density at radius 2 is 1.85 bits per heavy atom. The van der Waals surface area contributed by atoms with Gasteiger partial charge in [0.15, 0.2) is 0 Å². The molecule has 0 atom stereocenters. The van der Waals surface area contributed by atoms with Crippen LogP contribution in [0.15, 0.2) is 0 Å². The first-order valence-corrected chi connectivity index (χ1v) is 4.85. The molecule has 0 saturated heterocycles. The molecule has 2 fully saturated rings. The Morgan fingerprint density at radius 3 is 2.23 bits per heavy atom. The molecule has 4 heteroatoms. The van der Waals surface area contributed by atoms with Crippen LogP contribution in [0.5, 0.6) is 0 Å². The quantitative estimate of drug-likeness (QED) is 0.723. The van der Waals surface area contributed by atoms with Crippen molar-refractivity contribution in [3.05, 3.63) is 0 Å². The second-order valence-corrected chi connectivity index (χ2v) is 4.24. The number of hydrogen-bond donors (Lipinski definition) is 1. The zero-order chi connectivity index (χ0) is 9.53. The number of rotatable bonds is 4. The highest BCUT2D eigenvalue weighted by molar-refractivity contribution is 5.07. The van der Waals surface area contributed by atoms with E-state index in [9.17, 15) is 13.2 Å². The van der Waals surface area contributed by atoms with Gasteiger partial charge in [0.25, 0.3) is 0 Å². The summed E-state index contributed by atoms with van der Waals surface area (Å²) in [6.45, 7) is 0.532. The molecule has 0 radical (unpaired) electrons. The van der Waals surface area contributed by atoms with Gasteiger partial charge in [-0.25, -0.2) is 0 Å². The van der Waals surface area contributed by atoms with Crippen LogP contribution in [0.25, 0.3) is 0 Å². The molecule has 0 bridgehead atoms. The SMILES string of the molecule is FC(F)(F)C1(NCCC2CC2)CC1. The topological polar surface area (TPSA) is 12.0 Å². The van der Waals surface area contributed by atoms with Gasteiger partial charge in [0.1, 0.15) is 5.54 Å². The maximum Gasteiger partial charge on any atom is 0.406 e. The molecule has 1 N–H and O–H groups in total. The lowest BCUT2D eigenvalue weighted by atomic mass is 10.2. The molecule has 0 aromatic rings. The van der Waals surface area contributed by atoms with Gasteiger partial charge in [-0.3, -0.25) is 0 Å². The average Bonchev–Trinajstić information content (AvgIpc) is 2.76. The molecule has 0 aromatic carbocycles. The van der Waals surface area contributed by atoms with Gasteiger partial charge in [-0.1, -0.05) is 12.8 Å². The Bertz CT molecular complexity index is 192. The predicted octanol–water partition coefficient (Wildman–Crippen LogP) is 2.47. The average molecular weight is 193 g/mol. The molecule has 0 aliphatic heterocycles. The van der Waals surface area contributed by atoms with Crippen LogP contribution in [-0.4, -0.2) is 18.3 Å². The summed E-state index contributed by atoms with van der Waals surface area (Å²) < 4.78 is 37.1. The predicted molar refractivity (Wildman–Crippen MR) is 43.4 cm³/mol. The molecule has 13 heavy (non-hydrogen) atoms. The zero-order valence-corrected chi connectivity index (χ0v) is 7.45. The van der Waals surface area contributed by atoms with Crippen molar-refractivity contribution in [1.82, 2.24) is 5.32 Å². The highest BCUT2D eigenvalue weighted by atomic mass is 19.4. The molecule has 0 amide bonds. The molecule has 76 valence electrons. The first-order chi connectivity index (χ1) is 6.04. The Labute approximate surface area is 75.7 Å². The molecule has 1 nitrogen and oxygen atoms in total. The smallest absolute Gasteiger partial charge is 0.304 e. The lowest BCUT2D eigenvalue weighted by Gasteiger charge is -2.20. The number of hydrogen-bond acceptors (Lipinski definition) is 1. The van der Waals surface area contributed by atoms with Crippen molar-refractivity contribution in [2.45, 2.75) is 43.8 Å². The van der Waals surface area contributed by atoms with Crippen LogP contribution < -0.4 is 5.32 Å². The van der Waals surface area contributed by atoms with E-state index in [0.29, 0.717) is 12.5 Å². The summed E-state index contributed by atoms with van der Waals surface area (Å²) in [6.07, 6.45) is -0.182. The van der Waals surface area contributed by atoms with E-state index < -0.39 is 11.7 Å². The van der Waals surface area contributed by atoms with E-state index in [1.165, 1.54) is 12.8 Å². The summed E-state index contributed by atoms with van der Waals surface area (Å²) in [4.78, 5) is 0. The number of alkyl halides is 3. The van der Waals surface area contributed by atoms with Crippen LogP contribution in [0.2, 0.25) is 0 Å². The van der Waals surface area contributed by atoms with Gasteiger partial charge in [0.05, 0.1) is 0 Å². The third-order valence-electron chi connectivity index (χ3n) is 3.01. The van der Waals surface area contributed by atoms with Crippen molar-refractivity contribution in [3.8, 4) is 0 Å². The van der Waals surface area contributed by atoms with E-state index in [0.717, 1.165) is 6.42 Å². The highest BCUT2D eigenvalue weighted by Gasteiger charge is 2.62. The van der Waals surface area contributed by atoms with Crippen LogP contribution >= 0.6 is 0 Å². The van der Waals surface area contributed by atoms with Crippen LogP contribution in [-0.2, 0) is 0 Å². The van der Waals surface area contributed by atoms with E-state index in [-0.39, 0.29) is 12.8 Å². The molecule has 2 saturated carbocycles. The summed E-state index contributed by atoms with van der Waals surface area (Å²) in [5.41, 5.74) is -1.50. The summed E-state index contributed by atoms with van der Waals surface area (Å²) in [5.74, 6) is 0.705. The fourth-order valence-electron chi connectivity index (χ4n) is 1.61. The normalized spacial score (nSPS) is 26.1. The Balaban J connectivity index is 1.73. The Kier molecular flexibility index (Phi) is 2.06. The summed E-state index contributed by atoms with van der Waals surface area (Å²) in [5, 5.41) is 2.66. The minimum Gasteiger partial charge on any atom is -0.304 e. The summed E-state index contributed by atoms with van der Waals surface area (Å²) >= 11 is 0. The van der Waals surface area contributed by atoms with Gasteiger partial charge in [-0.05, 0) is 31.7 Å². The molecular weight excluding hydrogens is 179 g/mol. The van der Waals surface area contributed by atoms with Crippen molar-refractivity contribution in [1.29, 1.82) is 0 Å². The van der Waals surface area contributed by atoms with Gasteiger partial charge in [0.2, 0.25) is 0 Å².